The molecule has 1 aromatic carbocycles. The summed E-state index contributed by atoms with van der Waals surface area (Å²) >= 11 is 5.95. The van der Waals surface area contributed by atoms with Crippen LogP contribution in [0.2, 0.25) is 5.02 Å². The number of nitrogens with zero attached hydrogens (tertiary/aromatic N) is 1. The Morgan fingerprint density at radius 3 is 2.94 bits per heavy atom. The summed E-state index contributed by atoms with van der Waals surface area (Å²) in [6.07, 6.45) is 3.94. The topological polar surface area (TPSA) is 35.8 Å². The number of rotatable bonds is 3. The molecule has 0 radical (unpaired) electrons. The number of nitrogens with one attached hydrogen (secondary N) is 1. The third-order valence-corrected chi connectivity index (χ3v) is 3.93. The van der Waals surface area contributed by atoms with Crippen LogP contribution in [0, 0.1) is 23.2 Å². The third kappa shape index (κ3) is 2.92. The molecule has 0 aliphatic heterocycles. The molecule has 0 heterocycles. The molecule has 0 aromatic heterocycles. The minimum absolute atomic E-state index is 0.667. The standard InChI is InChI=1S/C14H17ClN2/c1-10-3-2-4-12(10)9-17-14-7-13(15)6-5-11(14)8-16/h5-7,10,12,17H,2-4,9H2,1H3. The van der Waals surface area contributed by atoms with E-state index >= 15 is 0 Å². The van der Waals surface area contributed by atoms with Crippen molar-refractivity contribution in [2.24, 2.45) is 11.8 Å². The second-order valence-electron chi connectivity index (χ2n) is 4.85. The van der Waals surface area contributed by atoms with Gasteiger partial charge in [-0.3, -0.25) is 0 Å². The molecule has 3 heteroatoms. The van der Waals surface area contributed by atoms with E-state index in [1.54, 1.807) is 12.1 Å². The molecular weight excluding hydrogens is 232 g/mol. The lowest BCUT2D eigenvalue weighted by atomic mass is 9.98. The van der Waals surface area contributed by atoms with Crippen LogP contribution in [0.3, 0.4) is 0 Å². The van der Waals surface area contributed by atoms with Crippen LogP contribution in [0.25, 0.3) is 0 Å². The van der Waals surface area contributed by atoms with Crippen LogP contribution in [0.1, 0.15) is 31.7 Å². The number of anilines is 1. The van der Waals surface area contributed by atoms with Gasteiger partial charge in [-0.15, -0.1) is 0 Å². The highest BCUT2D eigenvalue weighted by Gasteiger charge is 2.23. The van der Waals surface area contributed by atoms with Gasteiger partial charge in [0.1, 0.15) is 6.07 Å². The average molecular weight is 249 g/mol. The Bertz CT molecular complexity index is 436. The van der Waals surface area contributed by atoms with Gasteiger partial charge < -0.3 is 5.32 Å². The van der Waals surface area contributed by atoms with Crippen LogP contribution < -0.4 is 5.32 Å². The van der Waals surface area contributed by atoms with Crippen LogP contribution >= 0.6 is 11.6 Å². The van der Waals surface area contributed by atoms with E-state index in [4.69, 9.17) is 16.9 Å². The monoisotopic (exact) mass is 248 g/mol. The molecule has 0 bridgehead atoms. The molecule has 0 amide bonds. The van der Waals surface area contributed by atoms with Gasteiger partial charge in [-0.25, -0.2) is 0 Å². The van der Waals surface area contributed by atoms with E-state index in [0.29, 0.717) is 10.6 Å². The van der Waals surface area contributed by atoms with Crippen LogP contribution in [0.4, 0.5) is 5.69 Å². The molecule has 17 heavy (non-hydrogen) atoms. The largest absolute Gasteiger partial charge is 0.384 e. The highest BCUT2D eigenvalue weighted by atomic mass is 35.5. The van der Waals surface area contributed by atoms with Crippen LogP contribution in [0.15, 0.2) is 18.2 Å². The van der Waals surface area contributed by atoms with Gasteiger partial charge in [0.25, 0.3) is 0 Å². The Kier molecular flexibility index (Phi) is 3.91. The normalized spacial score (nSPS) is 23.4. The average Bonchev–Trinajstić information content (AvgIpc) is 2.72. The second kappa shape index (κ2) is 5.42. The summed E-state index contributed by atoms with van der Waals surface area (Å²) in [6, 6.07) is 7.54. The lowest BCUT2D eigenvalue weighted by molar-refractivity contribution is 0.439. The molecule has 2 unspecified atom stereocenters. The van der Waals surface area contributed by atoms with Crippen molar-refractivity contribution >= 4 is 17.3 Å². The van der Waals surface area contributed by atoms with Gasteiger partial charge in [0.05, 0.1) is 11.3 Å². The van der Waals surface area contributed by atoms with Gasteiger partial charge in [-0.2, -0.15) is 5.26 Å². The fraction of sp³-hybridized carbons (Fsp3) is 0.500. The SMILES string of the molecule is CC1CCCC1CNc1cc(Cl)ccc1C#N. The smallest absolute Gasteiger partial charge is 0.101 e. The molecule has 90 valence electrons. The first kappa shape index (κ1) is 12.3. The number of hydrogen-bond donors (Lipinski definition) is 1. The first-order valence-electron chi connectivity index (χ1n) is 6.14. The van der Waals surface area contributed by atoms with Crippen LogP contribution in [-0.4, -0.2) is 6.54 Å². The molecule has 1 aromatic rings. The first-order valence-corrected chi connectivity index (χ1v) is 6.52. The number of halogens is 1. The molecule has 1 fully saturated rings. The maximum atomic E-state index is 9.02. The van der Waals surface area contributed by atoms with Gasteiger partial charge in [-0.1, -0.05) is 31.4 Å². The second-order valence-corrected chi connectivity index (χ2v) is 5.29. The summed E-state index contributed by atoms with van der Waals surface area (Å²) in [6.45, 7) is 3.25. The lowest BCUT2D eigenvalue weighted by Crippen LogP contribution is -2.16. The molecule has 1 N–H and O–H groups in total. The van der Waals surface area contributed by atoms with E-state index in [1.807, 2.05) is 6.07 Å². The molecule has 2 rings (SSSR count). The van der Waals surface area contributed by atoms with Crippen molar-refractivity contribution in [1.29, 1.82) is 5.26 Å². The zero-order valence-electron chi connectivity index (χ0n) is 10.0. The van der Waals surface area contributed by atoms with Crippen molar-refractivity contribution < 1.29 is 0 Å². The minimum atomic E-state index is 0.667. The number of benzene rings is 1. The zero-order valence-corrected chi connectivity index (χ0v) is 10.8. The lowest BCUT2D eigenvalue weighted by Gasteiger charge is -2.17. The summed E-state index contributed by atoms with van der Waals surface area (Å²) in [5.41, 5.74) is 1.53. The van der Waals surface area contributed by atoms with Crippen molar-refractivity contribution in [3.8, 4) is 6.07 Å². The molecule has 0 saturated heterocycles. The van der Waals surface area contributed by atoms with Crippen molar-refractivity contribution in [2.45, 2.75) is 26.2 Å². The molecule has 1 saturated carbocycles. The van der Waals surface area contributed by atoms with Crippen molar-refractivity contribution in [3.05, 3.63) is 28.8 Å². The van der Waals surface area contributed by atoms with E-state index < -0.39 is 0 Å². The molecule has 0 spiro atoms. The maximum Gasteiger partial charge on any atom is 0.101 e. The summed E-state index contributed by atoms with van der Waals surface area (Å²) in [5.74, 6) is 1.51. The number of hydrogen-bond acceptors (Lipinski definition) is 2. The van der Waals surface area contributed by atoms with E-state index in [9.17, 15) is 0 Å². The first-order chi connectivity index (χ1) is 8.20. The summed E-state index contributed by atoms with van der Waals surface area (Å²) < 4.78 is 0. The Morgan fingerprint density at radius 2 is 2.29 bits per heavy atom. The maximum absolute atomic E-state index is 9.02. The van der Waals surface area contributed by atoms with Crippen LogP contribution in [-0.2, 0) is 0 Å². The molecule has 1 aliphatic carbocycles. The summed E-state index contributed by atoms with van der Waals surface area (Å²) in [4.78, 5) is 0. The Hall–Kier alpha value is -1.20. The molecule has 2 nitrogen and oxygen atoms in total. The Balaban J connectivity index is 2.03. The molecule has 2 atom stereocenters. The van der Waals surface area contributed by atoms with E-state index in [-0.39, 0.29) is 0 Å². The third-order valence-electron chi connectivity index (χ3n) is 3.70. The fourth-order valence-corrected chi connectivity index (χ4v) is 2.70. The molecular formula is C14H17ClN2. The highest BCUT2D eigenvalue weighted by Crippen LogP contribution is 2.31. The van der Waals surface area contributed by atoms with E-state index in [2.05, 4.69) is 18.3 Å². The number of nitriles is 1. The predicted molar refractivity (Wildman–Crippen MR) is 71.2 cm³/mol. The Labute approximate surface area is 108 Å². The van der Waals surface area contributed by atoms with Gasteiger partial charge >= 0.3 is 0 Å². The fourth-order valence-electron chi connectivity index (χ4n) is 2.53. The quantitative estimate of drug-likeness (QED) is 0.876. The molecule has 1 aliphatic rings. The minimum Gasteiger partial charge on any atom is -0.384 e. The van der Waals surface area contributed by atoms with E-state index in [0.717, 1.165) is 24.1 Å². The van der Waals surface area contributed by atoms with Crippen molar-refractivity contribution in [3.63, 3.8) is 0 Å². The zero-order chi connectivity index (χ0) is 12.3. The van der Waals surface area contributed by atoms with Crippen LogP contribution in [0.5, 0.6) is 0 Å². The van der Waals surface area contributed by atoms with Gasteiger partial charge in [-0.05, 0) is 36.5 Å². The van der Waals surface area contributed by atoms with Crippen molar-refractivity contribution in [2.75, 3.05) is 11.9 Å². The van der Waals surface area contributed by atoms with Gasteiger partial charge in [0.15, 0.2) is 0 Å². The van der Waals surface area contributed by atoms with Gasteiger partial charge in [0, 0.05) is 11.6 Å². The van der Waals surface area contributed by atoms with Gasteiger partial charge in [0.2, 0.25) is 0 Å². The predicted octanol–water partition coefficient (Wildman–Crippen LogP) is 4.06. The van der Waals surface area contributed by atoms with E-state index in [1.165, 1.54) is 19.3 Å². The Morgan fingerprint density at radius 1 is 1.47 bits per heavy atom. The van der Waals surface area contributed by atoms with Crippen molar-refractivity contribution in [1.82, 2.24) is 0 Å². The summed E-state index contributed by atoms with van der Waals surface area (Å²) in [5, 5.41) is 13.1. The highest BCUT2D eigenvalue weighted by molar-refractivity contribution is 6.30. The summed E-state index contributed by atoms with van der Waals surface area (Å²) in [7, 11) is 0.